The molecule has 0 spiro atoms. The zero-order valence-corrected chi connectivity index (χ0v) is 13.1. The molecule has 2 unspecified atom stereocenters. The predicted octanol–water partition coefficient (Wildman–Crippen LogP) is 1.48. The van der Waals surface area contributed by atoms with E-state index in [1.54, 1.807) is 5.38 Å². The fourth-order valence-electron chi connectivity index (χ4n) is 1.90. The van der Waals surface area contributed by atoms with E-state index < -0.39 is 0 Å². The van der Waals surface area contributed by atoms with Gasteiger partial charge in [0, 0.05) is 18.0 Å². The van der Waals surface area contributed by atoms with Crippen molar-refractivity contribution in [3.63, 3.8) is 0 Å². The van der Waals surface area contributed by atoms with Crippen LogP contribution in [0.4, 0.5) is 0 Å². The Kier molecular flexibility index (Phi) is 5.90. The number of nitrogens with two attached hydrogens (primary N) is 1. The van der Waals surface area contributed by atoms with Gasteiger partial charge in [-0.3, -0.25) is 4.79 Å². The van der Waals surface area contributed by atoms with Crippen LogP contribution in [-0.4, -0.2) is 42.5 Å². The lowest BCUT2D eigenvalue weighted by Crippen LogP contribution is -2.43. The van der Waals surface area contributed by atoms with Crippen LogP contribution < -0.4 is 11.1 Å². The lowest BCUT2D eigenvalue weighted by Gasteiger charge is -2.27. The van der Waals surface area contributed by atoms with Gasteiger partial charge in [0.2, 0.25) is 0 Å². The van der Waals surface area contributed by atoms with Crippen LogP contribution in [0.3, 0.4) is 0 Å². The zero-order chi connectivity index (χ0) is 14.6. The lowest BCUT2D eigenvalue weighted by molar-refractivity contribution is 0.0930. The van der Waals surface area contributed by atoms with Gasteiger partial charge in [-0.2, -0.15) is 0 Å². The van der Waals surface area contributed by atoms with E-state index in [1.165, 1.54) is 11.3 Å². The number of carbonyl (C=O) groups excluding carboxylic acids is 1. The minimum absolute atomic E-state index is 0.128. The molecule has 0 aliphatic heterocycles. The number of aromatic nitrogens is 1. The summed E-state index contributed by atoms with van der Waals surface area (Å²) in [5.74, 6) is 0.348. The summed E-state index contributed by atoms with van der Waals surface area (Å²) in [6.45, 7) is 6.78. The fraction of sp³-hybridized carbons (Fsp3) is 0.692. The van der Waals surface area contributed by atoms with Crippen LogP contribution in [0.15, 0.2) is 5.38 Å². The topological polar surface area (TPSA) is 71.2 Å². The summed E-state index contributed by atoms with van der Waals surface area (Å²) < 4.78 is 0. The number of thiazole rings is 1. The van der Waals surface area contributed by atoms with Gasteiger partial charge in [-0.05, 0) is 26.9 Å². The average molecular weight is 284 g/mol. The van der Waals surface area contributed by atoms with Crippen LogP contribution in [0.25, 0.3) is 0 Å². The van der Waals surface area contributed by atoms with Gasteiger partial charge < -0.3 is 16.0 Å². The Morgan fingerprint density at radius 2 is 2.11 bits per heavy atom. The molecular formula is C13H24N4OS. The quantitative estimate of drug-likeness (QED) is 0.830. The number of nitrogens with one attached hydrogen (secondary N) is 1. The highest BCUT2D eigenvalue weighted by Crippen LogP contribution is 2.15. The van der Waals surface area contributed by atoms with Gasteiger partial charge in [-0.25, -0.2) is 4.98 Å². The second-order valence-electron chi connectivity index (χ2n) is 5.34. The first-order chi connectivity index (χ1) is 8.82. The molecule has 1 aromatic heterocycles. The number of likely N-dealkylation sites (N-methyl/N-ethyl adjacent to an activating group) is 1. The molecule has 6 heteroatoms. The molecule has 1 heterocycles. The molecule has 0 fully saturated rings. The number of carbonyl (C=O) groups is 1. The Hall–Kier alpha value is -0.980. The Bertz CT molecular complexity index is 407. The van der Waals surface area contributed by atoms with Crippen molar-refractivity contribution in [2.24, 2.45) is 11.7 Å². The average Bonchev–Trinajstić information content (AvgIpc) is 2.77. The molecule has 0 aliphatic carbocycles. The highest BCUT2D eigenvalue weighted by molar-refractivity contribution is 7.09. The lowest BCUT2D eigenvalue weighted by atomic mass is 10.0. The molecule has 0 radical (unpaired) electrons. The van der Waals surface area contributed by atoms with Crippen molar-refractivity contribution in [2.75, 3.05) is 20.6 Å². The highest BCUT2D eigenvalue weighted by atomic mass is 32.1. The second-order valence-corrected chi connectivity index (χ2v) is 6.23. The zero-order valence-electron chi connectivity index (χ0n) is 12.3. The molecule has 0 saturated heterocycles. The van der Waals surface area contributed by atoms with Gasteiger partial charge in [-0.15, -0.1) is 11.3 Å². The Morgan fingerprint density at radius 3 is 2.53 bits per heavy atom. The van der Waals surface area contributed by atoms with Crippen LogP contribution in [0.2, 0.25) is 0 Å². The van der Waals surface area contributed by atoms with E-state index in [0.29, 0.717) is 24.2 Å². The normalized spacial score (nSPS) is 14.7. The third kappa shape index (κ3) is 4.56. The Morgan fingerprint density at radius 1 is 1.47 bits per heavy atom. The van der Waals surface area contributed by atoms with Crippen molar-refractivity contribution in [3.05, 3.63) is 16.1 Å². The van der Waals surface area contributed by atoms with Crippen LogP contribution in [0, 0.1) is 5.92 Å². The van der Waals surface area contributed by atoms with Crippen LogP contribution >= 0.6 is 11.3 Å². The molecule has 0 aromatic carbocycles. The van der Waals surface area contributed by atoms with Crippen molar-refractivity contribution < 1.29 is 4.79 Å². The molecule has 0 aliphatic rings. The molecule has 19 heavy (non-hydrogen) atoms. The summed E-state index contributed by atoms with van der Waals surface area (Å²) in [5, 5.41) is 5.48. The van der Waals surface area contributed by atoms with Crippen LogP contribution in [0.5, 0.6) is 0 Å². The predicted molar refractivity (Wildman–Crippen MR) is 79.4 cm³/mol. The molecule has 0 bridgehead atoms. The number of hydrogen-bond donors (Lipinski definition) is 2. The first kappa shape index (κ1) is 16.1. The molecule has 1 amide bonds. The van der Waals surface area contributed by atoms with Gasteiger partial charge in [0.15, 0.2) is 0 Å². The van der Waals surface area contributed by atoms with E-state index in [4.69, 9.17) is 5.73 Å². The molecule has 1 aromatic rings. The third-order valence-electron chi connectivity index (χ3n) is 3.05. The van der Waals surface area contributed by atoms with Gasteiger partial charge in [0.25, 0.3) is 5.91 Å². The van der Waals surface area contributed by atoms with E-state index >= 15 is 0 Å². The van der Waals surface area contributed by atoms with Crippen LogP contribution in [-0.2, 0) is 0 Å². The van der Waals surface area contributed by atoms with Crippen molar-refractivity contribution in [1.29, 1.82) is 0 Å². The largest absolute Gasteiger partial charge is 0.349 e. The molecule has 5 nitrogen and oxygen atoms in total. The summed E-state index contributed by atoms with van der Waals surface area (Å²) in [4.78, 5) is 18.4. The molecule has 108 valence electrons. The smallest absolute Gasteiger partial charge is 0.270 e. The van der Waals surface area contributed by atoms with E-state index in [9.17, 15) is 4.79 Å². The van der Waals surface area contributed by atoms with Crippen molar-refractivity contribution in [2.45, 2.75) is 32.9 Å². The van der Waals surface area contributed by atoms with Crippen molar-refractivity contribution in [1.82, 2.24) is 15.2 Å². The molecule has 1 rings (SSSR count). The maximum absolute atomic E-state index is 12.0. The summed E-state index contributed by atoms with van der Waals surface area (Å²) in [6, 6.07) is 0.187. The molecule has 0 saturated carbocycles. The number of amides is 1. The summed E-state index contributed by atoms with van der Waals surface area (Å²) in [7, 11) is 4.04. The molecular weight excluding hydrogens is 260 g/mol. The van der Waals surface area contributed by atoms with Gasteiger partial charge in [0.05, 0.1) is 6.04 Å². The van der Waals surface area contributed by atoms with Gasteiger partial charge >= 0.3 is 0 Å². The van der Waals surface area contributed by atoms with Crippen molar-refractivity contribution in [3.8, 4) is 0 Å². The third-order valence-corrected chi connectivity index (χ3v) is 4.09. The van der Waals surface area contributed by atoms with E-state index in [1.807, 2.05) is 21.0 Å². The van der Waals surface area contributed by atoms with Crippen molar-refractivity contribution >= 4 is 17.2 Å². The summed E-state index contributed by atoms with van der Waals surface area (Å²) in [5.41, 5.74) is 6.20. The van der Waals surface area contributed by atoms with Crippen LogP contribution in [0.1, 0.15) is 42.3 Å². The number of hydrogen-bond acceptors (Lipinski definition) is 5. The summed E-state index contributed by atoms with van der Waals surface area (Å²) in [6.07, 6.45) is 0. The second kappa shape index (κ2) is 6.98. The monoisotopic (exact) mass is 284 g/mol. The van der Waals surface area contributed by atoms with E-state index in [-0.39, 0.29) is 11.9 Å². The SMILES string of the molecule is CC(N)c1nc(C(=O)NCC(C(C)C)N(C)C)cs1. The first-order valence-electron chi connectivity index (χ1n) is 6.48. The van der Waals surface area contributed by atoms with E-state index in [0.717, 1.165) is 5.01 Å². The number of nitrogens with zero attached hydrogens (tertiary/aromatic N) is 2. The minimum Gasteiger partial charge on any atom is -0.349 e. The van der Waals surface area contributed by atoms with Gasteiger partial charge in [-0.1, -0.05) is 13.8 Å². The molecule has 2 atom stereocenters. The Labute approximate surface area is 119 Å². The Balaban J connectivity index is 2.59. The fourth-order valence-corrected chi connectivity index (χ4v) is 2.66. The highest BCUT2D eigenvalue weighted by Gasteiger charge is 2.18. The minimum atomic E-state index is -0.129. The first-order valence-corrected chi connectivity index (χ1v) is 7.36. The maximum atomic E-state index is 12.0. The number of rotatable bonds is 6. The summed E-state index contributed by atoms with van der Waals surface area (Å²) >= 11 is 1.43. The molecule has 3 N–H and O–H groups in total. The van der Waals surface area contributed by atoms with E-state index in [2.05, 4.69) is 29.0 Å². The maximum Gasteiger partial charge on any atom is 0.270 e. The van der Waals surface area contributed by atoms with Gasteiger partial charge in [0.1, 0.15) is 10.7 Å². The standard InChI is InChI=1S/C13H24N4OS/c1-8(2)11(17(4)5)6-15-12(18)10-7-19-13(16-10)9(3)14/h7-9,11H,6,14H2,1-5H3,(H,15,18).